The summed E-state index contributed by atoms with van der Waals surface area (Å²) in [5, 5.41) is 2.50. The maximum Gasteiger partial charge on any atom is 0.325 e. The first-order valence-corrected chi connectivity index (χ1v) is 9.45. The molecule has 0 radical (unpaired) electrons. The molecule has 0 atom stereocenters. The minimum absolute atomic E-state index is 0.318. The van der Waals surface area contributed by atoms with Crippen LogP contribution in [0.4, 0.5) is 5.69 Å². The first-order chi connectivity index (χ1) is 14.5. The van der Waals surface area contributed by atoms with E-state index in [0.29, 0.717) is 11.3 Å². The number of ether oxygens (including phenoxy) is 1. The number of hydrogen-bond donors (Lipinski definition) is 1. The van der Waals surface area contributed by atoms with Gasteiger partial charge in [-0.25, -0.2) is 0 Å². The third-order valence-electron chi connectivity index (χ3n) is 4.52. The topological polar surface area (TPSA) is 75.7 Å². The van der Waals surface area contributed by atoms with Crippen molar-refractivity contribution in [3.05, 3.63) is 90.5 Å². The number of rotatable bonds is 7. The lowest BCUT2D eigenvalue weighted by Gasteiger charge is -2.17. The first-order valence-electron chi connectivity index (χ1n) is 9.45. The van der Waals surface area contributed by atoms with Crippen molar-refractivity contribution >= 4 is 23.5 Å². The van der Waals surface area contributed by atoms with Crippen LogP contribution in [-0.4, -0.2) is 38.0 Å². The van der Waals surface area contributed by atoms with Gasteiger partial charge in [-0.1, -0.05) is 60.7 Å². The maximum absolute atomic E-state index is 12.2. The van der Waals surface area contributed by atoms with Crippen molar-refractivity contribution in [3.63, 3.8) is 0 Å². The SMILES string of the molecule is CN(C(=O)COC(=O)CNC(=O)c1ccc(-c2ccccc2)cc1)c1ccccc1. The van der Waals surface area contributed by atoms with E-state index in [-0.39, 0.29) is 18.4 Å². The molecule has 3 aromatic rings. The summed E-state index contributed by atoms with van der Waals surface area (Å²) < 4.78 is 4.96. The molecular weight excluding hydrogens is 380 g/mol. The predicted octanol–water partition coefficient (Wildman–Crippen LogP) is 3.29. The Bertz CT molecular complexity index is 1000. The standard InChI is InChI=1S/C24H22N2O4/c1-26(21-10-6-3-7-11-21)22(27)17-30-23(28)16-25-24(29)20-14-12-19(13-15-20)18-8-4-2-5-9-18/h2-15H,16-17H2,1H3,(H,25,29). The smallest absolute Gasteiger partial charge is 0.325 e. The van der Waals surface area contributed by atoms with Crippen molar-refractivity contribution in [1.29, 1.82) is 0 Å². The highest BCUT2D eigenvalue weighted by Crippen LogP contribution is 2.19. The molecule has 3 rings (SSSR count). The minimum atomic E-state index is -0.681. The van der Waals surface area contributed by atoms with Gasteiger partial charge < -0.3 is 15.0 Å². The zero-order valence-corrected chi connectivity index (χ0v) is 16.6. The summed E-state index contributed by atoms with van der Waals surface area (Å²) in [6.45, 7) is -0.715. The molecule has 0 spiro atoms. The molecule has 0 aromatic heterocycles. The molecule has 0 bridgehead atoms. The van der Waals surface area contributed by atoms with Gasteiger partial charge in [0.25, 0.3) is 11.8 Å². The number of carbonyl (C=O) groups excluding carboxylic acids is 3. The Morgan fingerprint density at radius 2 is 1.37 bits per heavy atom. The van der Waals surface area contributed by atoms with Crippen LogP contribution in [0.25, 0.3) is 11.1 Å². The normalized spacial score (nSPS) is 10.2. The fraction of sp³-hybridized carbons (Fsp3) is 0.125. The average molecular weight is 402 g/mol. The summed E-state index contributed by atoms with van der Waals surface area (Å²) in [5.41, 5.74) is 3.18. The number of hydrogen-bond acceptors (Lipinski definition) is 4. The van der Waals surface area contributed by atoms with Gasteiger partial charge in [0, 0.05) is 18.3 Å². The van der Waals surface area contributed by atoms with Crippen molar-refractivity contribution in [2.45, 2.75) is 0 Å². The second kappa shape index (κ2) is 10.0. The molecule has 0 aliphatic heterocycles. The van der Waals surface area contributed by atoms with Gasteiger partial charge in [-0.15, -0.1) is 0 Å². The number of anilines is 1. The van der Waals surface area contributed by atoms with Crippen LogP contribution in [0.2, 0.25) is 0 Å². The van der Waals surface area contributed by atoms with Crippen molar-refractivity contribution in [2.75, 3.05) is 25.1 Å². The van der Waals surface area contributed by atoms with Crippen molar-refractivity contribution in [1.82, 2.24) is 5.32 Å². The van der Waals surface area contributed by atoms with E-state index in [0.717, 1.165) is 11.1 Å². The van der Waals surface area contributed by atoms with Crippen LogP contribution < -0.4 is 10.2 Å². The van der Waals surface area contributed by atoms with Gasteiger partial charge in [-0.05, 0) is 35.4 Å². The van der Waals surface area contributed by atoms with Gasteiger partial charge >= 0.3 is 5.97 Å². The molecule has 0 saturated heterocycles. The number of para-hydroxylation sites is 1. The van der Waals surface area contributed by atoms with Crippen LogP contribution >= 0.6 is 0 Å². The number of amides is 2. The van der Waals surface area contributed by atoms with Crippen molar-refractivity contribution < 1.29 is 19.1 Å². The fourth-order valence-electron chi connectivity index (χ4n) is 2.78. The summed E-state index contributed by atoms with van der Waals surface area (Å²) in [6, 6.07) is 25.9. The highest BCUT2D eigenvalue weighted by Gasteiger charge is 2.14. The molecule has 0 aliphatic rings. The van der Waals surface area contributed by atoms with Gasteiger partial charge in [0.05, 0.1) is 0 Å². The fourth-order valence-corrected chi connectivity index (χ4v) is 2.78. The molecule has 0 saturated carbocycles. The molecule has 6 heteroatoms. The van der Waals surface area contributed by atoms with Crippen LogP contribution in [0.3, 0.4) is 0 Å². The Hall–Kier alpha value is -3.93. The Balaban J connectivity index is 1.45. The van der Waals surface area contributed by atoms with Crippen LogP contribution in [-0.2, 0) is 14.3 Å². The van der Waals surface area contributed by atoms with E-state index < -0.39 is 12.6 Å². The second-order valence-electron chi connectivity index (χ2n) is 6.58. The molecule has 6 nitrogen and oxygen atoms in total. The lowest BCUT2D eigenvalue weighted by Crippen LogP contribution is -2.34. The molecule has 3 aromatic carbocycles. The van der Waals surface area contributed by atoms with Crippen LogP contribution in [0.1, 0.15) is 10.4 Å². The molecule has 0 heterocycles. The van der Waals surface area contributed by atoms with Gasteiger partial charge in [-0.2, -0.15) is 0 Å². The van der Waals surface area contributed by atoms with Crippen LogP contribution in [0.5, 0.6) is 0 Å². The number of nitrogens with zero attached hydrogens (tertiary/aromatic N) is 1. The third-order valence-corrected chi connectivity index (χ3v) is 4.52. The van der Waals surface area contributed by atoms with Gasteiger partial charge in [0.1, 0.15) is 6.54 Å². The van der Waals surface area contributed by atoms with E-state index in [4.69, 9.17) is 4.74 Å². The highest BCUT2D eigenvalue weighted by molar-refractivity contribution is 5.97. The highest BCUT2D eigenvalue weighted by atomic mass is 16.5. The summed E-state index contributed by atoms with van der Waals surface area (Å²) in [4.78, 5) is 37.6. The monoisotopic (exact) mass is 402 g/mol. The molecule has 2 amide bonds. The Morgan fingerprint density at radius 3 is 2.00 bits per heavy atom. The van der Waals surface area contributed by atoms with E-state index >= 15 is 0 Å². The number of esters is 1. The quantitative estimate of drug-likeness (QED) is 0.616. The second-order valence-corrected chi connectivity index (χ2v) is 6.58. The molecule has 0 fully saturated rings. The molecule has 30 heavy (non-hydrogen) atoms. The summed E-state index contributed by atoms with van der Waals surface area (Å²) >= 11 is 0. The van der Waals surface area contributed by atoms with Gasteiger partial charge in [0.2, 0.25) is 0 Å². The van der Waals surface area contributed by atoms with E-state index in [1.807, 2.05) is 60.7 Å². The molecule has 0 aliphatic carbocycles. The average Bonchev–Trinajstić information content (AvgIpc) is 2.81. The zero-order chi connectivity index (χ0) is 21.3. The Labute approximate surface area is 175 Å². The lowest BCUT2D eigenvalue weighted by atomic mass is 10.0. The maximum atomic E-state index is 12.2. The first kappa shape index (κ1) is 20.8. The van der Waals surface area contributed by atoms with E-state index in [9.17, 15) is 14.4 Å². The summed E-state index contributed by atoms with van der Waals surface area (Å²) in [6.07, 6.45) is 0. The zero-order valence-electron chi connectivity index (χ0n) is 16.6. The molecule has 152 valence electrons. The van der Waals surface area contributed by atoms with Gasteiger partial charge in [-0.3, -0.25) is 14.4 Å². The van der Waals surface area contributed by atoms with Gasteiger partial charge in [0.15, 0.2) is 6.61 Å². The predicted molar refractivity (Wildman–Crippen MR) is 115 cm³/mol. The van der Waals surface area contributed by atoms with E-state index in [1.165, 1.54) is 4.90 Å². The Kier molecular flexibility index (Phi) is 6.95. The molecule has 1 N–H and O–H groups in total. The number of benzene rings is 3. The Morgan fingerprint density at radius 1 is 0.800 bits per heavy atom. The lowest BCUT2D eigenvalue weighted by molar-refractivity contribution is -0.146. The van der Waals surface area contributed by atoms with Crippen LogP contribution in [0, 0.1) is 0 Å². The van der Waals surface area contributed by atoms with Crippen molar-refractivity contribution in [2.24, 2.45) is 0 Å². The van der Waals surface area contributed by atoms with E-state index in [1.54, 1.807) is 31.3 Å². The third kappa shape index (κ3) is 5.54. The summed E-state index contributed by atoms with van der Waals surface area (Å²) in [5.74, 6) is -1.43. The molecular formula is C24H22N2O4. The minimum Gasteiger partial charge on any atom is -0.454 e. The number of carbonyl (C=O) groups is 3. The number of nitrogens with one attached hydrogen (secondary N) is 1. The number of likely N-dealkylation sites (N-methyl/N-ethyl adjacent to an activating group) is 1. The summed E-state index contributed by atoms with van der Waals surface area (Å²) in [7, 11) is 1.60. The largest absolute Gasteiger partial charge is 0.454 e. The van der Waals surface area contributed by atoms with Crippen molar-refractivity contribution in [3.8, 4) is 11.1 Å². The van der Waals surface area contributed by atoms with Crippen LogP contribution in [0.15, 0.2) is 84.9 Å². The van der Waals surface area contributed by atoms with E-state index in [2.05, 4.69) is 5.32 Å². The molecule has 0 unspecified atom stereocenters.